The van der Waals surface area contributed by atoms with Crippen LogP contribution in [-0.4, -0.2) is 0 Å². The van der Waals surface area contributed by atoms with Crippen LogP contribution in [0.1, 0.15) is 30.9 Å². The molecule has 150 valence electrons. The maximum atomic E-state index is 14.1. The summed E-state index contributed by atoms with van der Waals surface area (Å²) in [5.41, 5.74) is 1.43. The lowest BCUT2D eigenvalue weighted by Gasteiger charge is -2.26. The highest BCUT2D eigenvalue weighted by Gasteiger charge is 2.23. The summed E-state index contributed by atoms with van der Waals surface area (Å²) in [6, 6.07) is 18.9. The molecule has 0 fully saturated rings. The van der Waals surface area contributed by atoms with Crippen molar-refractivity contribution < 1.29 is 13.5 Å². The second-order valence-electron chi connectivity index (χ2n) is 7.28. The SMILES string of the molecule is C=CC(C)(CCCc1ccc(F)c(Oc2ccccc2)c1)c1ccc(Cl)c(F)c1. The second-order valence-corrected chi connectivity index (χ2v) is 7.69. The van der Waals surface area contributed by atoms with Gasteiger partial charge in [-0.2, -0.15) is 0 Å². The van der Waals surface area contributed by atoms with Gasteiger partial charge in [0.1, 0.15) is 11.6 Å². The Morgan fingerprint density at radius 3 is 2.45 bits per heavy atom. The lowest BCUT2D eigenvalue weighted by Crippen LogP contribution is -2.19. The summed E-state index contributed by atoms with van der Waals surface area (Å²) in [6.07, 6.45) is 4.17. The van der Waals surface area contributed by atoms with Gasteiger partial charge in [0.2, 0.25) is 0 Å². The van der Waals surface area contributed by atoms with E-state index in [4.69, 9.17) is 16.3 Å². The summed E-state index contributed by atoms with van der Waals surface area (Å²) in [4.78, 5) is 0. The smallest absolute Gasteiger partial charge is 0.165 e. The van der Waals surface area contributed by atoms with Crippen molar-refractivity contribution in [1.82, 2.24) is 0 Å². The Kier molecular flexibility index (Phi) is 6.71. The van der Waals surface area contributed by atoms with Gasteiger partial charge in [0.05, 0.1) is 5.02 Å². The van der Waals surface area contributed by atoms with Crippen molar-refractivity contribution in [2.24, 2.45) is 0 Å². The molecular weight excluding hydrogens is 390 g/mol. The molecule has 1 atom stereocenters. The average molecular weight is 413 g/mol. The first-order valence-electron chi connectivity index (χ1n) is 9.52. The molecule has 1 unspecified atom stereocenters. The third-order valence-corrected chi connectivity index (χ3v) is 5.46. The van der Waals surface area contributed by atoms with Crippen LogP contribution < -0.4 is 4.74 Å². The van der Waals surface area contributed by atoms with E-state index in [1.807, 2.05) is 37.3 Å². The molecule has 3 aromatic rings. The summed E-state index contributed by atoms with van der Waals surface area (Å²) in [5.74, 6) is -0.0313. The highest BCUT2D eigenvalue weighted by atomic mass is 35.5. The Morgan fingerprint density at radius 1 is 1.00 bits per heavy atom. The number of hydrogen-bond donors (Lipinski definition) is 0. The normalized spacial score (nSPS) is 13.0. The van der Waals surface area contributed by atoms with E-state index in [1.54, 1.807) is 30.3 Å². The van der Waals surface area contributed by atoms with Crippen LogP contribution in [0, 0.1) is 11.6 Å². The van der Waals surface area contributed by atoms with Gasteiger partial charge in [-0.25, -0.2) is 8.78 Å². The zero-order valence-electron chi connectivity index (χ0n) is 16.3. The van der Waals surface area contributed by atoms with Gasteiger partial charge in [-0.15, -0.1) is 6.58 Å². The number of hydrogen-bond acceptors (Lipinski definition) is 1. The van der Waals surface area contributed by atoms with Crippen LogP contribution in [0.2, 0.25) is 5.02 Å². The fourth-order valence-corrected chi connectivity index (χ4v) is 3.39. The Hall–Kier alpha value is -2.65. The van der Waals surface area contributed by atoms with E-state index in [0.29, 0.717) is 5.75 Å². The summed E-state index contributed by atoms with van der Waals surface area (Å²) in [5, 5.41) is 0.109. The van der Waals surface area contributed by atoms with Crippen LogP contribution in [0.4, 0.5) is 8.78 Å². The van der Waals surface area contributed by atoms with Crippen LogP contribution in [0.3, 0.4) is 0 Å². The maximum Gasteiger partial charge on any atom is 0.165 e. The number of ether oxygens (including phenoxy) is 1. The second kappa shape index (κ2) is 9.23. The van der Waals surface area contributed by atoms with E-state index in [-0.39, 0.29) is 16.2 Å². The van der Waals surface area contributed by atoms with Gasteiger partial charge in [0.15, 0.2) is 11.6 Å². The van der Waals surface area contributed by atoms with Gasteiger partial charge in [0.25, 0.3) is 0 Å². The lowest BCUT2D eigenvalue weighted by molar-refractivity contribution is 0.441. The van der Waals surface area contributed by atoms with Crippen molar-refractivity contribution in [3.05, 3.63) is 107 Å². The average Bonchev–Trinajstić information content (AvgIpc) is 2.73. The Labute approximate surface area is 175 Å². The van der Waals surface area contributed by atoms with Crippen molar-refractivity contribution in [2.45, 2.75) is 31.6 Å². The molecule has 0 saturated carbocycles. The predicted octanol–water partition coefficient (Wildman–Crippen LogP) is 7.88. The number of benzene rings is 3. The Bertz CT molecular complexity index is 987. The number of aryl methyl sites for hydroxylation is 1. The quantitative estimate of drug-likeness (QED) is 0.342. The maximum absolute atomic E-state index is 14.1. The molecule has 29 heavy (non-hydrogen) atoms. The molecule has 0 bridgehead atoms. The third-order valence-electron chi connectivity index (χ3n) is 5.16. The van der Waals surface area contributed by atoms with E-state index >= 15 is 0 Å². The first kappa shape index (κ1) is 21.1. The van der Waals surface area contributed by atoms with Crippen LogP contribution >= 0.6 is 11.6 Å². The van der Waals surface area contributed by atoms with Crippen molar-refractivity contribution in [2.75, 3.05) is 0 Å². The standard InChI is InChI=1S/C25H23ClF2O/c1-3-25(2,19-12-13-21(26)23(28)17-19)15-7-8-18-11-14-22(27)24(16-18)29-20-9-5-4-6-10-20/h3-6,9-14,16-17H,1,7-8,15H2,2H3. The van der Waals surface area contributed by atoms with Crippen LogP contribution in [-0.2, 0) is 11.8 Å². The number of halogens is 3. The molecule has 3 rings (SSSR count). The van der Waals surface area contributed by atoms with Gasteiger partial charge < -0.3 is 4.74 Å². The molecule has 0 heterocycles. The monoisotopic (exact) mass is 412 g/mol. The molecular formula is C25H23ClF2O. The number of rotatable bonds is 8. The minimum absolute atomic E-state index is 0.109. The molecule has 0 saturated heterocycles. The van der Waals surface area contributed by atoms with E-state index < -0.39 is 11.6 Å². The van der Waals surface area contributed by atoms with Gasteiger partial charge in [0, 0.05) is 5.41 Å². The van der Waals surface area contributed by atoms with Gasteiger partial charge in [-0.3, -0.25) is 0 Å². The molecule has 0 aromatic heterocycles. The molecule has 0 spiro atoms. The van der Waals surface area contributed by atoms with Crippen LogP contribution in [0.5, 0.6) is 11.5 Å². The van der Waals surface area contributed by atoms with Crippen LogP contribution in [0.15, 0.2) is 79.4 Å². The molecule has 0 aliphatic heterocycles. The van der Waals surface area contributed by atoms with E-state index in [2.05, 4.69) is 6.58 Å². The Balaban J connectivity index is 1.68. The summed E-state index contributed by atoms with van der Waals surface area (Å²) in [7, 11) is 0. The van der Waals surface area contributed by atoms with E-state index in [9.17, 15) is 8.78 Å². The van der Waals surface area contributed by atoms with Gasteiger partial charge in [-0.05, 0) is 66.8 Å². The van der Waals surface area contributed by atoms with Crippen molar-refractivity contribution in [3.63, 3.8) is 0 Å². The molecule has 0 amide bonds. The minimum atomic E-state index is -0.432. The number of para-hydroxylation sites is 1. The topological polar surface area (TPSA) is 9.23 Å². The van der Waals surface area contributed by atoms with Gasteiger partial charge >= 0.3 is 0 Å². The van der Waals surface area contributed by atoms with Gasteiger partial charge in [-0.1, -0.05) is 54.9 Å². The fourth-order valence-electron chi connectivity index (χ4n) is 3.27. The highest BCUT2D eigenvalue weighted by Crippen LogP contribution is 2.33. The molecule has 0 radical (unpaired) electrons. The fraction of sp³-hybridized carbons (Fsp3) is 0.200. The summed E-state index contributed by atoms with van der Waals surface area (Å²) >= 11 is 5.80. The van der Waals surface area contributed by atoms with Crippen LogP contribution in [0.25, 0.3) is 0 Å². The largest absolute Gasteiger partial charge is 0.454 e. The Morgan fingerprint density at radius 2 is 1.76 bits per heavy atom. The molecule has 0 aliphatic carbocycles. The number of allylic oxidation sites excluding steroid dienone is 1. The highest BCUT2D eigenvalue weighted by molar-refractivity contribution is 6.30. The first-order valence-corrected chi connectivity index (χ1v) is 9.89. The molecule has 4 heteroatoms. The lowest BCUT2D eigenvalue weighted by atomic mass is 9.78. The zero-order chi connectivity index (χ0) is 20.9. The summed E-state index contributed by atoms with van der Waals surface area (Å²) in [6.45, 7) is 5.96. The summed E-state index contributed by atoms with van der Waals surface area (Å²) < 4.78 is 33.7. The molecule has 0 aliphatic rings. The molecule has 3 aromatic carbocycles. The first-order chi connectivity index (χ1) is 13.9. The minimum Gasteiger partial charge on any atom is -0.454 e. The van der Waals surface area contributed by atoms with Crippen molar-refractivity contribution in [3.8, 4) is 11.5 Å². The predicted molar refractivity (Wildman–Crippen MR) is 115 cm³/mol. The van der Waals surface area contributed by atoms with Crippen molar-refractivity contribution in [1.29, 1.82) is 0 Å². The third kappa shape index (κ3) is 5.24. The zero-order valence-corrected chi connectivity index (χ0v) is 17.1. The van der Waals surface area contributed by atoms with E-state index in [0.717, 1.165) is 30.4 Å². The van der Waals surface area contributed by atoms with E-state index in [1.165, 1.54) is 12.1 Å². The van der Waals surface area contributed by atoms with Crippen molar-refractivity contribution >= 4 is 11.6 Å². The molecule has 0 N–H and O–H groups in total. The molecule has 1 nitrogen and oxygen atoms in total.